The van der Waals surface area contributed by atoms with Crippen LogP contribution >= 0.6 is 0 Å². The molecule has 1 unspecified atom stereocenters. The summed E-state index contributed by atoms with van der Waals surface area (Å²) in [5.74, 6) is -0.308. The van der Waals surface area contributed by atoms with E-state index >= 15 is 0 Å². The van der Waals surface area contributed by atoms with Gasteiger partial charge in [-0.15, -0.1) is 0 Å². The molecule has 1 fully saturated rings. The maximum atomic E-state index is 11.5. The molecule has 1 atom stereocenters. The molecule has 92 valence electrons. The molecule has 1 aliphatic rings. The number of hydrogen-bond acceptors (Lipinski definition) is 3. The zero-order valence-electron chi connectivity index (χ0n) is 10.2. The van der Waals surface area contributed by atoms with Gasteiger partial charge in [0.1, 0.15) is 6.04 Å². The molecule has 1 rings (SSSR count). The Morgan fingerprint density at radius 1 is 1.44 bits per heavy atom. The molecule has 5 nitrogen and oxygen atoms in total. The van der Waals surface area contributed by atoms with Crippen molar-refractivity contribution < 1.29 is 9.59 Å². The van der Waals surface area contributed by atoms with Crippen molar-refractivity contribution in [2.24, 2.45) is 0 Å². The van der Waals surface area contributed by atoms with E-state index in [1.54, 1.807) is 6.92 Å². The molecular formula is C11H21N3O2. The minimum atomic E-state index is -0.455. The van der Waals surface area contributed by atoms with Crippen molar-refractivity contribution in [1.29, 1.82) is 0 Å². The van der Waals surface area contributed by atoms with Gasteiger partial charge in [-0.25, -0.2) is 0 Å². The van der Waals surface area contributed by atoms with E-state index in [9.17, 15) is 9.59 Å². The van der Waals surface area contributed by atoms with Crippen molar-refractivity contribution in [2.45, 2.75) is 38.8 Å². The number of nitrogens with zero attached hydrogens (tertiary/aromatic N) is 1. The number of carbonyl (C=O) groups excluding carboxylic acids is 2. The summed E-state index contributed by atoms with van der Waals surface area (Å²) in [4.78, 5) is 24.5. The third kappa shape index (κ3) is 4.61. The lowest BCUT2D eigenvalue weighted by atomic mass is 10.3. The third-order valence-corrected chi connectivity index (χ3v) is 2.75. The Kier molecular flexibility index (Phi) is 4.73. The Morgan fingerprint density at radius 3 is 2.56 bits per heavy atom. The molecule has 0 spiro atoms. The van der Waals surface area contributed by atoms with Gasteiger partial charge in [-0.2, -0.15) is 0 Å². The smallest absolute Gasteiger partial charge is 0.242 e. The second-order valence-electron chi connectivity index (χ2n) is 4.43. The molecule has 0 radical (unpaired) electrons. The summed E-state index contributed by atoms with van der Waals surface area (Å²) < 4.78 is 0. The summed E-state index contributed by atoms with van der Waals surface area (Å²) in [7, 11) is 2.07. The monoisotopic (exact) mass is 227 g/mol. The van der Waals surface area contributed by atoms with Gasteiger partial charge in [-0.3, -0.25) is 9.59 Å². The number of hydrogen-bond donors (Lipinski definition) is 2. The molecule has 16 heavy (non-hydrogen) atoms. The highest BCUT2D eigenvalue weighted by molar-refractivity contribution is 5.86. The van der Waals surface area contributed by atoms with Crippen molar-refractivity contribution in [3.63, 3.8) is 0 Å². The average Bonchev–Trinajstić information content (AvgIpc) is 2.99. The van der Waals surface area contributed by atoms with E-state index in [1.807, 2.05) is 0 Å². The van der Waals surface area contributed by atoms with Crippen molar-refractivity contribution in [2.75, 3.05) is 20.1 Å². The number of likely N-dealkylation sites (N-methyl/N-ethyl adjacent to an activating group) is 1. The first kappa shape index (κ1) is 13.0. The second kappa shape index (κ2) is 5.84. The molecule has 2 amide bonds. The van der Waals surface area contributed by atoms with E-state index in [2.05, 4.69) is 22.6 Å². The number of amides is 2. The third-order valence-electron chi connectivity index (χ3n) is 2.75. The second-order valence-corrected chi connectivity index (χ2v) is 4.43. The summed E-state index contributed by atoms with van der Waals surface area (Å²) in [6.45, 7) is 4.59. The fourth-order valence-corrected chi connectivity index (χ4v) is 1.58. The van der Waals surface area contributed by atoms with Crippen LogP contribution < -0.4 is 10.6 Å². The SMILES string of the molecule is CC(=O)NC(C)C(=O)NCCN(C)C1CC1. The van der Waals surface area contributed by atoms with Crippen LogP contribution in [0, 0.1) is 0 Å². The summed E-state index contributed by atoms with van der Waals surface area (Å²) in [6.07, 6.45) is 2.54. The van der Waals surface area contributed by atoms with Crippen molar-refractivity contribution in [3.05, 3.63) is 0 Å². The Balaban J connectivity index is 2.11. The van der Waals surface area contributed by atoms with Crippen LogP contribution in [0.25, 0.3) is 0 Å². The van der Waals surface area contributed by atoms with Crippen LogP contribution in [0.4, 0.5) is 0 Å². The van der Waals surface area contributed by atoms with E-state index in [0.717, 1.165) is 6.54 Å². The van der Waals surface area contributed by atoms with Crippen molar-refractivity contribution in [1.82, 2.24) is 15.5 Å². The van der Waals surface area contributed by atoms with Gasteiger partial charge in [0, 0.05) is 26.1 Å². The molecule has 0 aromatic carbocycles. The maximum absolute atomic E-state index is 11.5. The largest absolute Gasteiger partial charge is 0.353 e. The molecule has 1 aliphatic carbocycles. The van der Waals surface area contributed by atoms with Crippen LogP contribution in [-0.2, 0) is 9.59 Å². The highest BCUT2D eigenvalue weighted by Gasteiger charge is 2.25. The number of nitrogens with one attached hydrogen (secondary N) is 2. The number of carbonyl (C=O) groups is 2. The molecule has 1 saturated carbocycles. The molecule has 0 bridgehead atoms. The highest BCUT2D eigenvalue weighted by Crippen LogP contribution is 2.24. The summed E-state index contributed by atoms with van der Waals surface area (Å²) in [5.41, 5.74) is 0. The van der Waals surface area contributed by atoms with Gasteiger partial charge >= 0.3 is 0 Å². The van der Waals surface area contributed by atoms with Gasteiger partial charge in [0.25, 0.3) is 0 Å². The maximum Gasteiger partial charge on any atom is 0.242 e. The van der Waals surface area contributed by atoms with E-state index in [-0.39, 0.29) is 11.8 Å². The van der Waals surface area contributed by atoms with Crippen LogP contribution in [0.15, 0.2) is 0 Å². The fraction of sp³-hybridized carbons (Fsp3) is 0.818. The molecule has 0 heterocycles. The summed E-state index contributed by atoms with van der Waals surface area (Å²) in [5, 5.41) is 5.36. The van der Waals surface area contributed by atoms with E-state index < -0.39 is 6.04 Å². The normalized spacial score (nSPS) is 17.0. The van der Waals surface area contributed by atoms with Crippen LogP contribution in [0.1, 0.15) is 26.7 Å². The van der Waals surface area contributed by atoms with Crippen molar-refractivity contribution in [3.8, 4) is 0 Å². The van der Waals surface area contributed by atoms with E-state index in [1.165, 1.54) is 19.8 Å². The van der Waals surface area contributed by atoms with Gasteiger partial charge in [-0.05, 0) is 26.8 Å². The van der Waals surface area contributed by atoms with Gasteiger partial charge in [-0.1, -0.05) is 0 Å². The first-order chi connectivity index (χ1) is 7.50. The Morgan fingerprint density at radius 2 is 2.06 bits per heavy atom. The van der Waals surface area contributed by atoms with Gasteiger partial charge in [0.2, 0.25) is 11.8 Å². The summed E-state index contributed by atoms with van der Waals surface area (Å²) >= 11 is 0. The van der Waals surface area contributed by atoms with Gasteiger partial charge < -0.3 is 15.5 Å². The van der Waals surface area contributed by atoms with E-state index in [0.29, 0.717) is 12.6 Å². The van der Waals surface area contributed by atoms with Crippen molar-refractivity contribution >= 4 is 11.8 Å². The fourth-order valence-electron chi connectivity index (χ4n) is 1.58. The lowest BCUT2D eigenvalue weighted by Gasteiger charge is -2.17. The first-order valence-electron chi connectivity index (χ1n) is 5.75. The lowest BCUT2D eigenvalue weighted by molar-refractivity contribution is -0.127. The van der Waals surface area contributed by atoms with Crippen LogP contribution in [-0.4, -0.2) is 48.9 Å². The minimum absolute atomic E-state index is 0.126. The van der Waals surface area contributed by atoms with E-state index in [4.69, 9.17) is 0 Å². The zero-order chi connectivity index (χ0) is 12.1. The minimum Gasteiger partial charge on any atom is -0.353 e. The first-order valence-corrected chi connectivity index (χ1v) is 5.75. The Hall–Kier alpha value is -1.10. The molecule has 0 saturated heterocycles. The average molecular weight is 227 g/mol. The number of rotatable bonds is 6. The standard InChI is InChI=1S/C11H21N3O2/c1-8(13-9(2)15)11(16)12-6-7-14(3)10-4-5-10/h8,10H,4-7H2,1-3H3,(H,12,16)(H,13,15). The van der Waals surface area contributed by atoms with Crippen LogP contribution in [0.5, 0.6) is 0 Å². The predicted octanol–water partition coefficient (Wildman–Crippen LogP) is -0.279. The molecule has 5 heteroatoms. The quantitative estimate of drug-likeness (QED) is 0.656. The molecular weight excluding hydrogens is 206 g/mol. The van der Waals surface area contributed by atoms with Gasteiger partial charge in [0.15, 0.2) is 0 Å². The topological polar surface area (TPSA) is 61.4 Å². The summed E-state index contributed by atoms with van der Waals surface area (Å²) in [6, 6.07) is 0.258. The van der Waals surface area contributed by atoms with Crippen LogP contribution in [0.3, 0.4) is 0 Å². The molecule has 2 N–H and O–H groups in total. The molecule has 0 aromatic rings. The Bertz CT molecular complexity index is 264. The molecule has 0 aromatic heterocycles. The molecule has 0 aliphatic heterocycles. The van der Waals surface area contributed by atoms with Crippen LogP contribution in [0.2, 0.25) is 0 Å². The Labute approximate surface area is 96.6 Å². The highest BCUT2D eigenvalue weighted by atomic mass is 16.2. The van der Waals surface area contributed by atoms with Gasteiger partial charge in [0.05, 0.1) is 0 Å². The predicted molar refractivity (Wildman–Crippen MR) is 61.9 cm³/mol. The lowest BCUT2D eigenvalue weighted by Crippen LogP contribution is -2.45. The zero-order valence-corrected chi connectivity index (χ0v) is 10.2.